The van der Waals surface area contributed by atoms with Gasteiger partial charge in [0, 0.05) is 13.1 Å². The maximum absolute atomic E-state index is 12.1. The van der Waals surface area contributed by atoms with Gasteiger partial charge in [0.2, 0.25) is 5.91 Å². The Labute approximate surface area is 98.4 Å². The predicted molar refractivity (Wildman–Crippen MR) is 63.6 cm³/mol. The van der Waals surface area contributed by atoms with Gasteiger partial charge in [-0.25, -0.2) is 0 Å². The van der Waals surface area contributed by atoms with Gasteiger partial charge in [-0.15, -0.1) is 0 Å². The number of likely N-dealkylation sites (tertiary alicyclic amines) is 1. The van der Waals surface area contributed by atoms with E-state index in [9.17, 15) is 4.79 Å². The molecule has 1 amide bonds. The molecule has 0 spiro atoms. The molecule has 0 atom stereocenters. The zero-order valence-corrected chi connectivity index (χ0v) is 10.8. The maximum atomic E-state index is 12.1. The first-order valence-electron chi connectivity index (χ1n) is 6.11. The zero-order valence-electron chi connectivity index (χ0n) is 10.8. The Morgan fingerprint density at radius 2 is 2.00 bits per heavy atom. The van der Waals surface area contributed by atoms with Crippen molar-refractivity contribution in [3.63, 3.8) is 0 Å². The fourth-order valence-electron chi connectivity index (χ4n) is 2.38. The number of carbonyl (C=O) groups is 1. The molecule has 3 nitrogen and oxygen atoms in total. The molecule has 0 radical (unpaired) electrons. The van der Waals surface area contributed by atoms with Crippen LogP contribution < -0.4 is 0 Å². The van der Waals surface area contributed by atoms with Gasteiger partial charge in [-0.2, -0.15) is 5.26 Å². The second-order valence-corrected chi connectivity index (χ2v) is 5.42. The second-order valence-electron chi connectivity index (χ2n) is 5.42. The molecule has 1 aliphatic rings. The average molecular weight is 222 g/mol. The number of rotatable bonds is 3. The summed E-state index contributed by atoms with van der Waals surface area (Å²) in [6, 6.07) is 2.09. The van der Waals surface area contributed by atoms with Crippen LogP contribution in [0, 0.1) is 22.2 Å². The van der Waals surface area contributed by atoms with Crippen LogP contribution in [0.2, 0.25) is 0 Å². The van der Waals surface area contributed by atoms with Gasteiger partial charge in [-0.05, 0) is 38.5 Å². The molecule has 1 fully saturated rings. The van der Waals surface area contributed by atoms with Crippen molar-refractivity contribution in [3.05, 3.63) is 0 Å². The lowest BCUT2D eigenvalue weighted by Gasteiger charge is -2.28. The highest BCUT2D eigenvalue weighted by Gasteiger charge is 2.41. The Morgan fingerprint density at radius 1 is 1.44 bits per heavy atom. The number of carbonyl (C=O) groups excluding carboxylic acids is 1. The number of nitriles is 1. The molecule has 0 saturated carbocycles. The highest BCUT2D eigenvalue weighted by atomic mass is 16.2. The molecule has 0 bridgehead atoms. The first-order valence-corrected chi connectivity index (χ1v) is 6.11. The van der Waals surface area contributed by atoms with Crippen molar-refractivity contribution in [1.82, 2.24) is 4.90 Å². The van der Waals surface area contributed by atoms with Gasteiger partial charge in [0.15, 0.2) is 0 Å². The molecule has 0 aromatic heterocycles. The van der Waals surface area contributed by atoms with E-state index in [-0.39, 0.29) is 5.91 Å². The van der Waals surface area contributed by atoms with Gasteiger partial charge in [-0.3, -0.25) is 4.79 Å². The normalized spacial score (nSPS) is 19.6. The van der Waals surface area contributed by atoms with E-state index >= 15 is 0 Å². The SMILES string of the molecule is CCC1(CC)CCN(C(=O)C(C)(C)C#N)C1. The van der Waals surface area contributed by atoms with E-state index in [4.69, 9.17) is 5.26 Å². The number of nitrogens with zero attached hydrogens (tertiary/aromatic N) is 2. The van der Waals surface area contributed by atoms with Crippen molar-refractivity contribution in [1.29, 1.82) is 5.26 Å². The van der Waals surface area contributed by atoms with E-state index in [0.717, 1.165) is 32.4 Å². The third-order valence-electron chi connectivity index (χ3n) is 4.04. The van der Waals surface area contributed by atoms with Gasteiger partial charge in [0.05, 0.1) is 6.07 Å². The van der Waals surface area contributed by atoms with E-state index in [0.29, 0.717) is 5.41 Å². The van der Waals surface area contributed by atoms with Crippen LogP contribution in [0.15, 0.2) is 0 Å². The molecule has 16 heavy (non-hydrogen) atoms. The number of amides is 1. The first-order chi connectivity index (χ1) is 7.40. The minimum atomic E-state index is -0.877. The number of hydrogen-bond donors (Lipinski definition) is 0. The summed E-state index contributed by atoms with van der Waals surface area (Å²) in [7, 11) is 0. The van der Waals surface area contributed by atoms with E-state index in [1.807, 2.05) is 4.90 Å². The molecule has 0 unspecified atom stereocenters. The third kappa shape index (κ3) is 2.21. The molecular formula is C13H22N2O. The van der Waals surface area contributed by atoms with Crippen LogP contribution in [0.25, 0.3) is 0 Å². The lowest BCUT2D eigenvalue weighted by molar-refractivity contribution is -0.136. The largest absolute Gasteiger partial charge is 0.341 e. The molecule has 1 saturated heterocycles. The zero-order chi connectivity index (χ0) is 12.4. The molecule has 1 aliphatic heterocycles. The molecule has 90 valence electrons. The monoisotopic (exact) mass is 222 g/mol. The Bertz CT molecular complexity index is 310. The molecule has 3 heteroatoms. The summed E-state index contributed by atoms with van der Waals surface area (Å²) < 4.78 is 0. The Balaban J connectivity index is 2.75. The molecular weight excluding hydrogens is 200 g/mol. The summed E-state index contributed by atoms with van der Waals surface area (Å²) in [5.74, 6) is -0.0150. The minimum Gasteiger partial charge on any atom is -0.341 e. The fourth-order valence-corrected chi connectivity index (χ4v) is 2.38. The standard InChI is InChI=1S/C13H22N2O/c1-5-13(6-2)7-8-15(10-13)11(16)12(3,4)9-14/h5-8,10H2,1-4H3. The van der Waals surface area contributed by atoms with Gasteiger partial charge < -0.3 is 4.90 Å². The fraction of sp³-hybridized carbons (Fsp3) is 0.846. The van der Waals surface area contributed by atoms with Gasteiger partial charge in [0.1, 0.15) is 5.41 Å². The summed E-state index contributed by atoms with van der Waals surface area (Å²) in [5, 5.41) is 8.97. The van der Waals surface area contributed by atoms with Gasteiger partial charge in [-0.1, -0.05) is 13.8 Å². The lowest BCUT2D eigenvalue weighted by Crippen LogP contribution is -2.40. The lowest BCUT2D eigenvalue weighted by atomic mass is 9.82. The van der Waals surface area contributed by atoms with Crippen LogP contribution in [0.3, 0.4) is 0 Å². The Morgan fingerprint density at radius 3 is 2.38 bits per heavy atom. The topological polar surface area (TPSA) is 44.1 Å². The molecule has 1 rings (SSSR count). The van der Waals surface area contributed by atoms with Crippen LogP contribution in [0.5, 0.6) is 0 Å². The van der Waals surface area contributed by atoms with Gasteiger partial charge >= 0.3 is 0 Å². The first kappa shape index (κ1) is 13.0. The van der Waals surface area contributed by atoms with Gasteiger partial charge in [0.25, 0.3) is 0 Å². The predicted octanol–water partition coefficient (Wildman–Crippen LogP) is 2.57. The van der Waals surface area contributed by atoms with Crippen LogP contribution >= 0.6 is 0 Å². The van der Waals surface area contributed by atoms with Crippen molar-refractivity contribution in [3.8, 4) is 6.07 Å². The second kappa shape index (κ2) is 4.45. The van der Waals surface area contributed by atoms with Crippen molar-refractivity contribution >= 4 is 5.91 Å². The number of hydrogen-bond acceptors (Lipinski definition) is 2. The van der Waals surface area contributed by atoms with Crippen LogP contribution in [-0.2, 0) is 4.79 Å². The molecule has 0 aliphatic carbocycles. The third-order valence-corrected chi connectivity index (χ3v) is 4.04. The van der Waals surface area contributed by atoms with Crippen molar-refractivity contribution < 1.29 is 4.79 Å². The minimum absolute atomic E-state index is 0.0150. The highest BCUT2D eigenvalue weighted by molar-refractivity contribution is 5.84. The summed E-state index contributed by atoms with van der Waals surface area (Å²) in [6.07, 6.45) is 3.30. The van der Waals surface area contributed by atoms with E-state index < -0.39 is 5.41 Å². The Hall–Kier alpha value is -1.04. The summed E-state index contributed by atoms with van der Waals surface area (Å²) in [4.78, 5) is 14.0. The molecule has 1 heterocycles. The van der Waals surface area contributed by atoms with Crippen LogP contribution in [0.4, 0.5) is 0 Å². The Kier molecular flexibility index (Phi) is 3.62. The summed E-state index contributed by atoms with van der Waals surface area (Å²) >= 11 is 0. The van der Waals surface area contributed by atoms with E-state index in [1.165, 1.54) is 0 Å². The van der Waals surface area contributed by atoms with Crippen LogP contribution in [0.1, 0.15) is 47.0 Å². The highest BCUT2D eigenvalue weighted by Crippen LogP contribution is 2.38. The van der Waals surface area contributed by atoms with E-state index in [1.54, 1.807) is 13.8 Å². The molecule has 0 N–H and O–H groups in total. The van der Waals surface area contributed by atoms with Crippen LogP contribution in [-0.4, -0.2) is 23.9 Å². The molecule has 0 aromatic carbocycles. The maximum Gasteiger partial charge on any atom is 0.242 e. The van der Waals surface area contributed by atoms with E-state index in [2.05, 4.69) is 19.9 Å². The average Bonchev–Trinajstić information content (AvgIpc) is 2.73. The van der Waals surface area contributed by atoms with Crippen molar-refractivity contribution in [2.45, 2.75) is 47.0 Å². The van der Waals surface area contributed by atoms with Crippen molar-refractivity contribution in [2.75, 3.05) is 13.1 Å². The smallest absolute Gasteiger partial charge is 0.242 e. The quantitative estimate of drug-likeness (QED) is 0.736. The summed E-state index contributed by atoms with van der Waals surface area (Å²) in [5.41, 5.74) is -0.585. The summed E-state index contributed by atoms with van der Waals surface area (Å²) in [6.45, 7) is 9.41. The van der Waals surface area contributed by atoms with Crippen molar-refractivity contribution in [2.24, 2.45) is 10.8 Å². The molecule has 0 aromatic rings.